The Morgan fingerprint density at radius 1 is 1.41 bits per heavy atom. The molecule has 0 aliphatic rings. The number of aryl methyl sites for hydroxylation is 1. The van der Waals surface area contributed by atoms with E-state index in [9.17, 15) is 4.79 Å². The van der Waals surface area contributed by atoms with E-state index in [1.54, 1.807) is 7.11 Å². The second-order valence-corrected chi connectivity index (χ2v) is 6.58. The van der Waals surface area contributed by atoms with Crippen LogP contribution in [0.2, 0.25) is 0 Å². The highest BCUT2D eigenvalue weighted by molar-refractivity contribution is 9.10. The predicted octanol–water partition coefficient (Wildman–Crippen LogP) is 3.68. The number of hydrogen-bond donors (Lipinski definition) is 2. The normalized spacial score (nSPS) is 11.5. The third-order valence-electron chi connectivity index (χ3n) is 3.09. The highest BCUT2D eigenvalue weighted by atomic mass is 79.9. The molecule has 22 heavy (non-hydrogen) atoms. The van der Waals surface area contributed by atoms with Crippen LogP contribution in [0.5, 0.6) is 5.75 Å². The van der Waals surface area contributed by atoms with Crippen molar-refractivity contribution >= 4 is 45.6 Å². The Bertz CT molecular complexity index is 634. The second kappa shape index (κ2) is 8.53. The first-order chi connectivity index (χ1) is 10.0. The highest BCUT2D eigenvalue weighted by Gasteiger charge is 2.21. The minimum absolute atomic E-state index is 0. The summed E-state index contributed by atoms with van der Waals surface area (Å²) in [5.41, 5.74) is 7.07. The highest BCUT2D eigenvalue weighted by Crippen LogP contribution is 2.38. The molecule has 1 unspecified atom stereocenters. The van der Waals surface area contributed by atoms with Crippen molar-refractivity contribution in [1.29, 1.82) is 0 Å². The molecule has 1 heterocycles. The Morgan fingerprint density at radius 2 is 2.05 bits per heavy atom. The van der Waals surface area contributed by atoms with Gasteiger partial charge in [-0.05, 0) is 28.4 Å². The number of hydrogen-bond acceptors (Lipinski definition) is 4. The van der Waals surface area contributed by atoms with Crippen LogP contribution >= 0.6 is 39.7 Å². The molecule has 0 aliphatic carbocycles. The van der Waals surface area contributed by atoms with E-state index in [1.165, 1.54) is 11.3 Å². The first-order valence-corrected chi connectivity index (χ1v) is 8.07. The molecule has 1 amide bonds. The van der Waals surface area contributed by atoms with Gasteiger partial charge in [0.25, 0.3) is 5.91 Å². The van der Waals surface area contributed by atoms with Crippen LogP contribution in [0, 0.1) is 6.92 Å². The molecule has 2 rings (SSSR count). The zero-order valence-electron chi connectivity index (χ0n) is 12.3. The summed E-state index contributed by atoms with van der Waals surface area (Å²) in [4.78, 5) is 13.8. The number of nitrogens with two attached hydrogens (primary N) is 1. The number of halogens is 2. The van der Waals surface area contributed by atoms with Crippen molar-refractivity contribution in [1.82, 2.24) is 5.32 Å². The molecule has 1 atom stereocenters. The fourth-order valence-electron chi connectivity index (χ4n) is 1.94. The van der Waals surface area contributed by atoms with Gasteiger partial charge in [0.05, 0.1) is 11.6 Å². The fraction of sp³-hybridized carbons (Fsp3) is 0.267. The summed E-state index contributed by atoms with van der Waals surface area (Å²) < 4.78 is 6.11. The van der Waals surface area contributed by atoms with Crippen LogP contribution < -0.4 is 15.8 Å². The quantitative estimate of drug-likeness (QED) is 0.797. The maximum Gasteiger partial charge on any atom is 0.265 e. The van der Waals surface area contributed by atoms with E-state index in [2.05, 4.69) is 21.2 Å². The van der Waals surface area contributed by atoms with E-state index >= 15 is 0 Å². The number of thiophene rings is 1. The van der Waals surface area contributed by atoms with Crippen molar-refractivity contribution in [3.8, 4) is 5.75 Å². The minimum atomic E-state index is -0.231. The van der Waals surface area contributed by atoms with Crippen LogP contribution in [0.15, 0.2) is 34.8 Å². The Morgan fingerprint density at radius 3 is 2.64 bits per heavy atom. The standard InChI is InChI=1S/C15H17BrN2O2S.ClH/c1-9-12(16)13(20-2)14(21-9)15(19)18-8-11(17)10-6-4-3-5-7-10;/h3-7,11H,8,17H2,1-2H3,(H,18,19);1H. The topological polar surface area (TPSA) is 64.3 Å². The van der Waals surface area contributed by atoms with Gasteiger partial charge in [-0.1, -0.05) is 30.3 Å². The van der Waals surface area contributed by atoms with Gasteiger partial charge in [0.1, 0.15) is 4.88 Å². The maximum atomic E-state index is 12.3. The molecule has 0 saturated carbocycles. The van der Waals surface area contributed by atoms with Gasteiger partial charge in [0.2, 0.25) is 0 Å². The molecule has 1 aromatic heterocycles. The molecule has 0 bridgehead atoms. The molecule has 0 aliphatic heterocycles. The largest absolute Gasteiger partial charge is 0.494 e. The lowest BCUT2D eigenvalue weighted by Gasteiger charge is -2.13. The Hall–Kier alpha value is -1.08. The molecule has 0 saturated heterocycles. The molecule has 0 fully saturated rings. The number of benzene rings is 1. The Labute approximate surface area is 148 Å². The SMILES string of the molecule is COc1c(C(=O)NCC(N)c2ccccc2)sc(C)c1Br.Cl. The van der Waals surface area contributed by atoms with E-state index in [0.29, 0.717) is 17.2 Å². The van der Waals surface area contributed by atoms with Crippen molar-refractivity contribution in [2.75, 3.05) is 13.7 Å². The molecule has 7 heteroatoms. The third-order valence-corrected chi connectivity index (χ3v) is 5.39. The van der Waals surface area contributed by atoms with Gasteiger partial charge >= 0.3 is 0 Å². The lowest BCUT2D eigenvalue weighted by Crippen LogP contribution is -2.31. The molecule has 0 radical (unpaired) electrons. The number of amides is 1. The molecule has 120 valence electrons. The van der Waals surface area contributed by atoms with Crippen LogP contribution in [-0.4, -0.2) is 19.6 Å². The van der Waals surface area contributed by atoms with E-state index < -0.39 is 0 Å². The summed E-state index contributed by atoms with van der Waals surface area (Å²) in [6, 6.07) is 9.46. The van der Waals surface area contributed by atoms with Crippen LogP contribution in [0.3, 0.4) is 0 Å². The second-order valence-electron chi connectivity index (χ2n) is 4.56. The monoisotopic (exact) mass is 404 g/mol. The van der Waals surface area contributed by atoms with Crippen molar-refractivity contribution < 1.29 is 9.53 Å². The molecular weight excluding hydrogens is 388 g/mol. The van der Waals surface area contributed by atoms with Gasteiger partial charge in [-0.25, -0.2) is 0 Å². The summed E-state index contributed by atoms with van der Waals surface area (Å²) in [5.74, 6) is 0.403. The summed E-state index contributed by atoms with van der Waals surface area (Å²) in [6.45, 7) is 2.31. The number of rotatable bonds is 5. The van der Waals surface area contributed by atoms with Crippen LogP contribution in [0.25, 0.3) is 0 Å². The average Bonchev–Trinajstić information content (AvgIpc) is 2.80. The van der Waals surface area contributed by atoms with Gasteiger partial charge in [0, 0.05) is 17.5 Å². The van der Waals surface area contributed by atoms with Crippen molar-refractivity contribution in [2.24, 2.45) is 5.73 Å². The van der Waals surface area contributed by atoms with Crippen molar-refractivity contribution in [3.63, 3.8) is 0 Å². The summed E-state index contributed by atoms with van der Waals surface area (Å²) in [6.07, 6.45) is 0. The predicted molar refractivity (Wildman–Crippen MR) is 96.3 cm³/mol. The van der Waals surface area contributed by atoms with Gasteiger partial charge in [-0.15, -0.1) is 23.7 Å². The smallest absolute Gasteiger partial charge is 0.265 e. The molecule has 2 aromatic rings. The molecule has 3 N–H and O–H groups in total. The summed E-state index contributed by atoms with van der Waals surface area (Å²) in [5, 5.41) is 2.86. The zero-order valence-corrected chi connectivity index (χ0v) is 15.5. The van der Waals surface area contributed by atoms with Crippen LogP contribution in [0.4, 0.5) is 0 Å². The van der Waals surface area contributed by atoms with E-state index in [1.807, 2.05) is 37.3 Å². The molecule has 1 aromatic carbocycles. The lowest BCUT2D eigenvalue weighted by molar-refractivity contribution is 0.0952. The Balaban J connectivity index is 0.00000242. The number of methoxy groups -OCH3 is 1. The molecular formula is C15H18BrClN2O2S. The average molecular weight is 406 g/mol. The van der Waals surface area contributed by atoms with E-state index in [4.69, 9.17) is 10.5 Å². The zero-order chi connectivity index (χ0) is 15.4. The van der Waals surface area contributed by atoms with Gasteiger partial charge in [0.15, 0.2) is 5.75 Å². The van der Waals surface area contributed by atoms with Gasteiger partial charge in [-0.3, -0.25) is 4.79 Å². The minimum Gasteiger partial charge on any atom is -0.494 e. The maximum absolute atomic E-state index is 12.3. The summed E-state index contributed by atoms with van der Waals surface area (Å²) in [7, 11) is 1.55. The lowest BCUT2D eigenvalue weighted by atomic mass is 10.1. The number of carbonyl (C=O) groups excluding carboxylic acids is 1. The van der Waals surface area contributed by atoms with Crippen LogP contribution in [0.1, 0.15) is 26.2 Å². The number of carbonyl (C=O) groups is 1. The molecule has 4 nitrogen and oxygen atoms in total. The third kappa shape index (κ3) is 4.23. The van der Waals surface area contributed by atoms with Gasteiger partial charge < -0.3 is 15.8 Å². The fourth-order valence-corrected chi connectivity index (χ4v) is 3.60. The van der Waals surface area contributed by atoms with E-state index in [0.717, 1.165) is 14.9 Å². The van der Waals surface area contributed by atoms with E-state index in [-0.39, 0.29) is 24.4 Å². The van der Waals surface area contributed by atoms with Crippen molar-refractivity contribution in [3.05, 3.63) is 50.1 Å². The van der Waals surface area contributed by atoms with Gasteiger partial charge in [-0.2, -0.15) is 0 Å². The Kier molecular flexibility index (Phi) is 7.35. The number of ether oxygens (including phenoxy) is 1. The first kappa shape index (κ1) is 19.0. The number of nitrogens with one attached hydrogen (secondary N) is 1. The van der Waals surface area contributed by atoms with Crippen LogP contribution in [-0.2, 0) is 0 Å². The first-order valence-electron chi connectivity index (χ1n) is 6.46. The molecule has 0 spiro atoms. The van der Waals surface area contributed by atoms with Crippen molar-refractivity contribution in [2.45, 2.75) is 13.0 Å². The summed E-state index contributed by atoms with van der Waals surface area (Å²) >= 11 is 4.82.